The topological polar surface area (TPSA) is 51.2 Å². The van der Waals surface area contributed by atoms with Crippen molar-refractivity contribution in [2.45, 2.75) is 20.8 Å². The predicted molar refractivity (Wildman–Crippen MR) is 39.4 cm³/mol. The molecule has 4 heteroatoms. The number of hydrogen-bond donors (Lipinski definition) is 1. The molecular formula is C6H10O3S. The predicted octanol–water partition coefficient (Wildman–Crippen LogP) is 0.481. The Balaban J connectivity index is 4.99. The summed E-state index contributed by atoms with van der Waals surface area (Å²) < 4.78 is 20.7. The molecule has 0 aliphatic heterocycles. The molecule has 0 aromatic carbocycles. The Bertz CT molecular complexity index is 236. The van der Waals surface area contributed by atoms with Crippen LogP contribution >= 0.6 is 0 Å². The molecule has 58 valence electrons. The van der Waals surface area contributed by atoms with Crippen molar-refractivity contribution >= 4 is 16.5 Å². The first-order valence-corrected chi connectivity index (χ1v) is 3.97. The highest BCUT2D eigenvalue weighted by Crippen LogP contribution is 2.04. The largest absolute Gasteiger partial charge is 0.294 e. The zero-order valence-corrected chi connectivity index (χ0v) is 7.07. The van der Waals surface area contributed by atoms with E-state index in [1.54, 1.807) is 13.8 Å². The average molecular weight is 162 g/mol. The Morgan fingerprint density at radius 3 is 1.50 bits per heavy atom. The minimum absolute atomic E-state index is 0.0741. The second-order valence-electron chi connectivity index (χ2n) is 2.16. The summed E-state index contributed by atoms with van der Waals surface area (Å²) >= 11 is 0. The van der Waals surface area contributed by atoms with Gasteiger partial charge in [-0.3, -0.25) is 4.79 Å². The van der Waals surface area contributed by atoms with Crippen LogP contribution < -0.4 is 0 Å². The van der Waals surface area contributed by atoms with E-state index in [4.69, 9.17) is 0 Å². The summed E-state index contributed by atoms with van der Waals surface area (Å²) in [5.74, 6) is -0.392. The van der Waals surface area contributed by atoms with Gasteiger partial charge in [0.25, 0.3) is 0 Å². The van der Waals surface area contributed by atoms with Crippen LogP contribution in [-0.4, -0.2) is 14.2 Å². The van der Waals surface area contributed by atoms with E-state index in [-0.39, 0.29) is 4.91 Å². The van der Waals surface area contributed by atoms with Crippen LogP contribution in [0.15, 0.2) is 10.5 Å². The summed E-state index contributed by atoms with van der Waals surface area (Å²) in [5, 5.41) is 0. The van der Waals surface area contributed by atoms with Gasteiger partial charge in [0, 0.05) is 0 Å². The van der Waals surface area contributed by atoms with Gasteiger partial charge in [-0.25, -0.2) is 8.42 Å². The first kappa shape index (κ1) is 9.36. The first-order chi connectivity index (χ1) is 4.46. The zero-order valence-electron chi connectivity index (χ0n) is 6.17. The Kier molecular flexibility index (Phi) is 3.28. The van der Waals surface area contributed by atoms with Gasteiger partial charge in [-0.2, -0.15) is 0 Å². The monoisotopic (exact) mass is 162 g/mol. The van der Waals surface area contributed by atoms with Gasteiger partial charge >= 0.3 is 0 Å². The number of hydrogen-bond acceptors (Lipinski definition) is 3. The molecule has 0 N–H and O–H groups in total. The standard InChI is InChI=1S/C6H10O3S/c1-4(2)6(5(3)7)10(8)9/h10H,1-3H3. The lowest BCUT2D eigenvalue weighted by Crippen LogP contribution is -1.99. The van der Waals surface area contributed by atoms with E-state index in [0.29, 0.717) is 5.57 Å². The van der Waals surface area contributed by atoms with Crippen LogP contribution in [0.4, 0.5) is 0 Å². The van der Waals surface area contributed by atoms with Crippen molar-refractivity contribution in [1.29, 1.82) is 0 Å². The zero-order chi connectivity index (χ0) is 8.31. The van der Waals surface area contributed by atoms with E-state index < -0.39 is 16.5 Å². The van der Waals surface area contributed by atoms with Crippen LogP contribution in [0.5, 0.6) is 0 Å². The lowest BCUT2D eigenvalue weighted by molar-refractivity contribution is -0.113. The van der Waals surface area contributed by atoms with Gasteiger partial charge in [0.05, 0.1) is 0 Å². The highest BCUT2D eigenvalue weighted by molar-refractivity contribution is 7.78. The molecule has 0 aromatic heterocycles. The lowest BCUT2D eigenvalue weighted by Gasteiger charge is -1.93. The molecule has 0 spiro atoms. The fourth-order valence-corrected chi connectivity index (χ4v) is 1.29. The molecule has 0 aliphatic carbocycles. The third-order valence-corrected chi connectivity index (χ3v) is 2.12. The van der Waals surface area contributed by atoms with E-state index in [0.717, 1.165) is 0 Å². The van der Waals surface area contributed by atoms with E-state index in [2.05, 4.69) is 0 Å². The molecule has 0 amide bonds. The molecule has 0 radical (unpaired) electrons. The highest BCUT2D eigenvalue weighted by Gasteiger charge is 2.07. The number of thiol groups is 1. The number of carbonyl (C=O) groups is 1. The van der Waals surface area contributed by atoms with Crippen LogP contribution in [0.25, 0.3) is 0 Å². The molecule has 0 rings (SSSR count). The van der Waals surface area contributed by atoms with Gasteiger partial charge in [0.2, 0.25) is 0 Å². The number of Topliss-reactive ketones (excluding diaryl/α,β-unsaturated/α-hetero) is 1. The van der Waals surface area contributed by atoms with Crippen LogP contribution in [0.1, 0.15) is 20.8 Å². The molecule has 0 unspecified atom stereocenters. The Morgan fingerprint density at radius 1 is 1.10 bits per heavy atom. The summed E-state index contributed by atoms with van der Waals surface area (Å²) in [7, 11) is -2.71. The molecule has 0 saturated carbocycles. The molecule has 10 heavy (non-hydrogen) atoms. The second kappa shape index (κ2) is 3.51. The van der Waals surface area contributed by atoms with Crippen molar-refractivity contribution in [2.24, 2.45) is 0 Å². The van der Waals surface area contributed by atoms with Crippen molar-refractivity contribution < 1.29 is 13.2 Å². The highest BCUT2D eigenvalue weighted by atomic mass is 32.2. The molecule has 0 heterocycles. The van der Waals surface area contributed by atoms with Crippen molar-refractivity contribution in [3.63, 3.8) is 0 Å². The van der Waals surface area contributed by atoms with Gasteiger partial charge in [-0.05, 0) is 20.8 Å². The third-order valence-electron chi connectivity index (χ3n) is 0.990. The Morgan fingerprint density at radius 2 is 1.50 bits per heavy atom. The maximum absolute atomic E-state index is 10.6. The molecule has 0 aromatic rings. The number of allylic oxidation sites excluding steroid dienone is 2. The smallest absolute Gasteiger partial charge is 0.171 e. The van der Waals surface area contributed by atoms with E-state index in [1.165, 1.54) is 6.92 Å². The third kappa shape index (κ3) is 2.31. The minimum Gasteiger partial charge on any atom is -0.294 e. The van der Waals surface area contributed by atoms with Crippen molar-refractivity contribution in [2.75, 3.05) is 0 Å². The van der Waals surface area contributed by atoms with Crippen LogP contribution in [0.3, 0.4) is 0 Å². The van der Waals surface area contributed by atoms with E-state index in [9.17, 15) is 13.2 Å². The van der Waals surface area contributed by atoms with Gasteiger partial charge < -0.3 is 0 Å². The Labute approximate surface area is 61.7 Å². The molecule has 0 aliphatic rings. The molecule has 0 fully saturated rings. The normalized spacial score (nSPS) is 9.60. The van der Waals surface area contributed by atoms with Crippen molar-refractivity contribution in [3.05, 3.63) is 10.5 Å². The molecule has 3 nitrogen and oxygen atoms in total. The SMILES string of the molecule is CC(=O)C(=C(C)C)[SH](=O)=O. The minimum atomic E-state index is -2.71. The maximum atomic E-state index is 10.6. The summed E-state index contributed by atoms with van der Waals surface area (Å²) in [5.41, 5.74) is 0.545. The van der Waals surface area contributed by atoms with Crippen LogP contribution in [0.2, 0.25) is 0 Å². The second-order valence-corrected chi connectivity index (χ2v) is 3.12. The van der Waals surface area contributed by atoms with Gasteiger partial charge in [0.15, 0.2) is 16.5 Å². The molecule has 0 atom stereocenters. The lowest BCUT2D eigenvalue weighted by atomic mass is 10.3. The molecule has 0 saturated heterocycles. The van der Waals surface area contributed by atoms with Gasteiger partial charge in [-0.1, -0.05) is 5.57 Å². The number of ketones is 1. The summed E-state index contributed by atoms with van der Waals surface area (Å²) in [4.78, 5) is 10.5. The maximum Gasteiger partial charge on any atom is 0.171 e. The molecular weight excluding hydrogens is 152 g/mol. The van der Waals surface area contributed by atoms with Crippen LogP contribution in [-0.2, 0) is 15.5 Å². The Hall–Kier alpha value is -0.640. The van der Waals surface area contributed by atoms with Gasteiger partial charge in [-0.15, -0.1) is 0 Å². The summed E-state index contributed by atoms with van der Waals surface area (Å²) in [6, 6.07) is 0. The fourth-order valence-electron chi connectivity index (χ4n) is 0.663. The van der Waals surface area contributed by atoms with Crippen molar-refractivity contribution in [3.8, 4) is 0 Å². The van der Waals surface area contributed by atoms with Crippen LogP contribution in [0, 0.1) is 0 Å². The number of rotatable bonds is 2. The van der Waals surface area contributed by atoms with Crippen molar-refractivity contribution in [1.82, 2.24) is 0 Å². The summed E-state index contributed by atoms with van der Waals surface area (Å²) in [6.45, 7) is 4.44. The van der Waals surface area contributed by atoms with E-state index in [1.807, 2.05) is 0 Å². The summed E-state index contributed by atoms with van der Waals surface area (Å²) in [6.07, 6.45) is 0. The number of carbonyl (C=O) groups excluding carboxylic acids is 1. The van der Waals surface area contributed by atoms with E-state index >= 15 is 0 Å². The quantitative estimate of drug-likeness (QED) is 0.474. The molecule has 0 bridgehead atoms. The van der Waals surface area contributed by atoms with Gasteiger partial charge in [0.1, 0.15) is 4.91 Å². The average Bonchev–Trinajstić information content (AvgIpc) is 1.59. The first-order valence-electron chi connectivity index (χ1n) is 2.79. The fraction of sp³-hybridized carbons (Fsp3) is 0.500.